The van der Waals surface area contributed by atoms with Crippen LogP contribution in [-0.2, 0) is 6.42 Å². The maximum absolute atomic E-state index is 13.2. The van der Waals surface area contributed by atoms with E-state index < -0.39 is 6.10 Å². The minimum atomic E-state index is -1.26. The molecular formula is C31H24O4. The van der Waals surface area contributed by atoms with E-state index in [1.165, 1.54) is 12.1 Å². The molecule has 1 unspecified atom stereocenters. The fourth-order valence-corrected chi connectivity index (χ4v) is 5.23. The molecule has 4 aromatic rings. The van der Waals surface area contributed by atoms with E-state index in [4.69, 9.17) is 4.42 Å². The summed E-state index contributed by atoms with van der Waals surface area (Å²) >= 11 is 0. The predicted molar refractivity (Wildman–Crippen MR) is 137 cm³/mol. The minimum Gasteiger partial charge on any atom is -0.507 e. The summed E-state index contributed by atoms with van der Waals surface area (Å²) in [4.78, 5) is 13.2. The van der Waals surface area contributed by atoms with Crippen LogP contribution in [0.3, 0.4) is 0 Å². The first-order valence-electron chi connectivity index (χ1n) is 11.7. The van der Waals surface area contributed by atoms with Crippen molar-refractivity contribution in [1.82, 2.24) is 0 Å². The van der Waals surface area contributed by atoms with Crippen LogP contribution in [0.5, 0.6) is 0 Å². The van der Waals surface area contributed by atoms with Crippen LogP contribution in [0, 0.1) is 13.8 Å². The summed E-state index contributed by atoms with van der Waals surface area (Å²) in [6.45, 7) is 4.13. The maximum Gasteiger partial charge on any atom is 0.192 e. The number of hydrogen-bond acceptors (Lipinski definition) is 4. The zero-order valence-corrected chi connectivity index (χ0v) is 19.5. The summed E-state index contributed by atoms with van der Waals surface area (Å²) in [7, 11) is 0. The number of hydrogen-bond donors (Lipinski definition) is 2. The first kappa shape index (κ1) is 21.4. The number of fused-ring (bicyclic) bond motifs is 3. The third kappa shape index (κ3) is 3.46. The van der Waals surface area contributed by atoms with Gasteiger partial charge in [-0.05, 0) is 48.6 Å². The lowest BCUT2D eigenvalue weighted by Gasteiger charge is -2.28. The number of aliphatic hydroxyl groups is 2. The van der Waals surface area contributed by atoms with Crippen molar-refractivity contribution in [3.05, 3.63) is 140 Å². The Balaban J connectivity index is 1.73. The summed E-state index contributed by atoms with van der Waals surface area (Å²) in [5.74, 6) is 0.491. The Kier molecular flexibility index (Phi) is 4.87. The van der Waals surface area contributed by atoms with Crippen molar-refractivity contribution in [2.24, 2.45) is 0 Å². The molecule has 0 amide bonds. The molecule has 2 aliphatic carbocycles. The molecule has 0 bridgehead atoms. The highest BCUT2D eigenvalue weighted by Crippen LogP contribution is 2.46. The van der Waals surface area contributed by atoms with E-state index in [0.717, 1.165) is 50.9 Å². The molecular weight excluding hydrogens is 436 g/mol. The van der Waals surface area contributed by atoms with Gasteiger partial charge in [-0.1, -0.05) is 77.9 Å². The molecule has 0 spiro atoms. The zero-order chi connectivity index (χ0) is 24.3. The Hall–Kier alpha value is -4.15. The van der Waals surface area contributed by atoms with E-state index in [0.29, 0.717) is 11.3 Å². The van der Waals surface area contributed by atoms with Gasteiger partial charge in [0.1, 0.15) is 23.4 Å². The second kappa shape index (κ2) is 7.97. The summed E-state index contributed by atoms with van der Waals surface area (Å²) < 4.78 is 6.33. The highest BCUT2D eigenvalue weighted by Gasteiger charge is 2.34. The fraction of sp³-hybridized carbons (Fsp3) is 0.129. The van der Waals surface area contributed by atoms with Gasteiger partial charge < -0.3 is 14.6 Å². The van der Waals surface area contributed by atoms with Gasteiger partial charge in [0.05, 0.1) is 11.1 Å². The lowest BCUT2D eigenvalue weighted by atomic mass is 9.77. The number of allylic oxidation sites excluding steroid dienone is 1. The topological polar surface area (TPSA) is 70.7 Å². The van der Waals surface area contributed by atoms with Gasteiger partial charge in [-0.15, -0.1) is 0 Å². The van der Waals surface area contributed by atoms with Gasteiger partial charge in [0, 0.05) is 17.2 Å². The molecule has 6 rings (SSSR count). The van der Waals surface area contributed by atoms with E-state index in [2.05, 4.69) is 50.2 Å². The summed E-state index contributed by atoms with van der Waals surface area (Å²) in [5.41, 5.74) is 8.35. The average Bonchev–Trinajstić information content (AvgIpc) is 2.83. The van der Waals surface area contributed by atoms with Crippen molar-refractivity contribution in [3.63, 3.8) is 0 Å². The Bertz CT molecular complexity index is 1570. The molecule has 0 saturated carbocycles. The van der Waals surface area contributed by atoms with E-state index in [1.807, 2.05) is 30.3 Å². The monoisotopic (exact) mass is 460 g/mol. The lowest BCUT2D eigenvalue weighted by molar-refractivity contribution is 0.215. The van der Waals surface area contributed by atoms with E-state index >= 15 is 0 Å². The Morgan fingerprint density at radius 2 is 1.46 bits per heavy atom. The highest BCUT2D eigenvalue weighted by molar-refractivity contribution is 6.06. The molecule has 2 aliphatic rings. The molecule has 0 aliphatic heterocycles. The zero-order valence-electron chi connectivity index (χ0n) is 19.5. The largest absolute Gasteiger partial charge is 0.507 e. The van der Waals surface area contributed by atoms with E-state index in [9.17, 15) is 15.0 Å². The van der Waals surface area contributed by atoms with Gasteiger partial charge in [-0.2, -0.15) is 0 Å². The molecule has 35 heavy (non-hydrogen) atoms. The maximum atomic E-state index is 13.2. The standard InChI is InChI=1S/C31H24O4/c1-17-8-10-22-20(12-17)14-21-13-18(2)9-11-23(21)28(22)30-25(33)15-24(32)29-26(34)16-27(35-31(29)30)19-6-4-3-5-7-19/h3-13,15-16,24,32-33H,14H2,1-2H3. The van der Waals surface area contributed by atoms with Crippen LogP contribution in [0.1, 0.15) is 50.8 Å². The van der Waals surface area contributed by atoms with Crippen LogP contribution in [0.15, 0.2) is 93.8 Å². The molecule has 3 aromatic carbocycles. The van der Waals surface area contributed by atoms with Crippen molar-refractivity contribution >= 4 is 11.1 Å². The third-order valence-corrected chi connectivity index (χ3v) is 6.83. The molecule has 0 saturated heterocycles. The van der Waals surface area contributed by atoms with Crippen LogP contribution in [0.2, 0.25) is 0 Å². The molecule has 0 radical (unpaired) electrons. The van der Waals surface area contributed by atoms with Crippen LogP contribution < -0.4 is 5.43 Å². The first-order chi connectivity index (χ1) is 16.9. The third-order valence-electron chi connectivity index (χ3n) is 6.83. The smallest absolute Gasteiger partial charge is 0.192 e. The molecule has 172 valence electrons. The Labute approximate surface area is 203 Å². The van der Waals surface area contributed by atoms with Gasteiger partial charge >= 0.3 is 0 Å². The highest BCUT2D eigenvalue weighted by atomic mass is 16.3. The van der Waals surface area contributed by atoms with Crippen molar-refractivity contribution in [2.45, 2.75) is 26.4 Å². The van der Waals surface area contributed by atoms with Gasteiger partial charge in [0.2, 0.25) is 0 Å². The Morgan fingerprint density at radius 1 is 0.829 bits per heavy atom. The summed E-state index contributed by atoms with van der Waals surface area (Å²) in [6, 6.07) is 23.3. The molecule has 4 heteroatoms. The number of aryl methyl sites for hydroxylation is 2. The molecule has 4 nitrogen and oxygen atoms in total. The number of rotatable bonds is 1. The van der Waals surface area contributed by atoms with Gasteiger partial charge in [0.25, 0.3) is 0 Å². The van der Waals surface area contributed by atoms with E-state index in [1.54, 1.807) is 0 Å². The summed E-state index contributed by atoms with van der Waals surface area (Å²) in [5, 5.41) is 22.0. The summed E-state index contributed by atoms with van der Waals surface area (Å²) in [6.07, 6.45) is 0.841. The molecule has 2 N–H and O–H groups in total. The second-order valence-corrected chi connectivity index (χ2v) is 9.33. The minimum absolute atomic E-state index is 0.103. The lowest BCUT2D eigenvalue weighted by Crippen LogP contribution is -2.20. The fourth-order valence-electron chi connectivity index (χ4n) is 5.23. The average molecular weight is 461 g/mol. The van der Waals surface area contributed by atoms with Gasteiger partial charge in [-0.3, -0.25) is 4.79 Å². The van der Waals surface area contributed by atoms with Crippen molar-refractivity contribution < 1.29 is 14.6 Å². The van der Waals surface area contributed by atoms with Crippen molar-refractivity contribution in [2.75, 3.05) is 0 Å². The van der Waals surface area contributed by atoms with Crippen molar-refractivity contribution in [1.29, 1.82) is 0 Å². The Morgan fingerprint density at radius 3 is 2.09 bits per heavy atom. The molecule has 1 atom stereocenters. The SMILES string of the molecule is Cc1ccc2c(c1)Cc1cc(C)ccc1C2=C1C(O)=CC(O)c2c1oc(-c1ccccc1)cc2=O. The molecule has 1 aromatic heterocycles. The van der Waals surface area contributed by atoms with Gasteiger partial charge in [-0.25, -0.2) is 0 Å². The van der Waals surface area contributed by atoms with Crippen LogP contribution in [0.4, 0.5) is 0 Å². The normalized spacial score (nSPS) is 16.3. The van der Waals surface area contributed by atoms with Crippen LogP contribution in [-0.4, -0.2) is 10.2 Å². The molecule has 1 heterocycles. The van der Waals surface area contributed by atoms with Crippen LogP contribution in [0.25, 0.3) is 22.5 Å². The predicted octanol–water partition coefficient (Wildman–Crippen LogP) is 6.28. The first-order valence-corrected chi connectivity index (χ1v) is 11.7. The van der Waals surface area contributed by atoms with E-state index in [-0.39, 0.29) is 22.5 Å². The van der Waals surface area contributed by atoms with Crippen LogP contribution >= 0.6 is 0 Å². The number of benzene rings is 3. The molecule has 0 fully saturated rings. The van der Waals surface area contributed by atoms with Gasteiger partial charge in [0.15, 0.2) is 5.43 Å². The number of aliphatic hydroxyl groups excluding tert-OH is 2. The van der Waals surface area contributed by atoms with Crippen molar-refractivity contribution in [3.8, 4) is 11.3 Å². The quantitative estimate of drug-likeness (QED) is 0.309. The second-order valence-electron chi connectivity index (χ2n) is 9.33.